The number of aromatic nitrogens is 5. The quantitative estimate of drug-likeness (QED) is 0.278. The van der Waals surface area contributed by atoms with Crippen LogP contribution in [0, 0.1) is 12.7 Å². The van der Waals surface area contributed by atoms with Crippen LogP contribution >= 0.6 is 11.3 Å². The Morgan fingerprint density at radius 3 is 2.71 bits per heavy atom. The van der Waals surface area contributed by atoms with Gasteiger partial charge in [0.2, 0.25) is 0 Å². The fourth-order valence-corrected chi connectivity index (χ4v) is 6.02. The molecule has 3 atom stereocenters. The summed E-state index contributed by atoms with van der Waals surface area (Å²) in [6.07, 6.45) is 1.45. The average Bonchev–Trinajstić information content (AvgIpc) is 3.64. The number of fused-ring (bicyclic) bond motifs is 1. The van der Waals surface area contributed by atoms with Gasteiger partial charge in [0.15, 0.2) is 0 Å². The van der Waals surface area contributed by atoms with E-state index >= 15 is 0 Å². The van der Waals surface area contributed by atoms with Crippen LogP contribution in [0.25, 0.3) is 15.2 Å². The summed E-state index contributed by atoms with van der Waals surface area (Å²) in [4.78, 5) is 29.4. The third kappa shape index (κ3) is 4.65. The van der Waals surface area contributed by atoms with Crippen LogP contribution in [0.1, 0.15) is 29.7 Å². The molecule has 1 fully saturated rings. The van der Waals surface area contributed by atoms with E-state index in [-0.39, 0.29) is 32.7 Å². The summed E-state index contributed by atoms with van der Waals surface area (Å²) >= 11 is 1.17. The third-order valence-electron chi connectivity index (χ3n) is 6.57. The highest BCUT2D eigenvalue weighted by atomic mass is 32.1. The number of thiophene rings is 1. The van der Waals surface area contributed by atoms with Gasteiger partial charge >= 0.3 is 5.69 Å². The highest BCUT2D eigenvalue weighted by Gasteiger charge is 2.31. The first-order chi connectivity index (χ1) is 18.3. The molecule has 0 aliphatic carbocycles. The van der Waals surface area contributed by atoms with Gasteiger partial charge in [-0.2, -0.15) is 10.2 Å². The minimum absolute atomic E-state index is 0.0769. The van der Waals surface area contributed by atoms with Crippen LogP contribution in [-0.4, -0.2) is 67.4 Å². The van der Waals surface area contributed by atoms with Gasteiger partial charge in [0.05, 0.1) is 50.7 Å². The Morgan fingerprint density at radius 1 is 1.29 bits per heavy atom. The molecule has 0 saturated carbocycles. The van der Waals surface area contributed by atoms with E-state index in [1.807, 2.05) is 0 Å². The molecule has 4 aromatic rings. The van der Waals surface area contributed by atoms with E-state index in [1.54, 1.807) is 6.92 Å². The lowest BCUT2D eigenvalue weighted by Crippen LogP contribution is -2.43. The molecule has 0 bridgehead atoms. The summed E-state index contributed by atoms with van der Waals surface area (Å²) < 4.78 is 28.2. The van der Waals surface area contributed by atoms with E-state index < -0.39 is 35.4 Å². The Kier molecular flexibility index (Phi) is 7.40. The minimum atomic E-state index is -0.902. The van der Waals surface area contributed by atoms with E-state index in [4.69, 9.17) is 9.47 Å². The highest BCUT2D eigenvalue weighted by molar-refractivity contribution is 7.21. The van der Waals surface area contributed by atoms with Gasteiger partial charge in [-0.3, -0.25) is 19.2 Å². The van der Waals surface area contributed by atoms with Crippen LogP contribution in [0.3, 0.4) is 0 Å². The molecule has 3 N–H and O–H groups in total. The molecule has 1 aliphatic heterocycles. The maximum atomic E-state index is 14.3. The summed E-state index contributed by atoms with van der Waals surface area (Å²) in [5.41, 5.74) is -0.140. The van der Waals surface area contributed by atoms with Crippen molar-refractivity contribution < 1.29 is 24.1 Å². The largest absolute Gasteiger partial charge is 0.496 e. The summed E-state index contributed by atoms with van der Waals surface area (Å²) in [7, 11) is 1.44. The smallest absolute Gasteiger partial charge is 0.332 e. The second-order valence-corrected chi connectivity index (χ2v) is 9.86. The van der Waals surface area contributed by atoms with Crippen molar-refractivity contribution in [1.29, 1.82) is 0 Å². The minimum Gasteiger partial charge on any atom is -0.496 e. The van der Waals surface area contributed by atoms with Crippen molar-refractivity contribution in [3.05, 3.63) is 68.4 Å². The van der Waals surface area contributed by atoms with Gasteiger partial charge in [-0.15, -0.1) is 4.80 Å². The lowest BCUT2D eigenvalue weighted by molar-refractivity contribution is 0.0164. The number of nitrogens with zero attached hydrogens (tertiary/aromatic N) is 5. The van der Waals surface area contributed by atoms with Gasteiger partial charge in [-0.05, 0) is 25.1 Å². The van der Waals surface area contributed by atoms with E-state index in [0.717, 1.165) is 4.57 Å². The topological polar surface area (TPSA) is 146 Å². The molecule has 1 saturated heterocycles. The molecule has 14 heteroatoms. The number of rotatable bonds is 9. The molecule has 0 amide bonds. The molecule has 0 spiro atoms. The summed E-state index contributed by atoms with van der Waals surface area (Å²) in [5, 5.41) is 31.6. The van der Waals surface area contributed by atoms with Gasteiger partial charge in [-0.25, -0.2) is 9.18 Å². The van der Waals surface area contributed by atoms with Crippen molar-refractivity contribution in [2.24, 2.45) is 0 Å². The van der Waals surface area contributed by atoms with Crippen LogP contribution in [0.5, 0.6) is 5.75 Å². The van der Waals surface area contributed by atoms with Crippen molar-refractivity contribution in [3.63, 3.8) is 0 Å². The van der Waals surface area contributed by atoms with Gasteiger partial charge < -0.3 is 19.7 Å². The maximum absolute atomic E-state index is 14.3. The fourth-order valence-electron chi connectivity index (χ4n) is 4.80. The Labute approximate surface area is 219 Å². The van der Waals surface area contributed by atoms with E-state index in [0.29, 0.717) is 32.1 Å². The molecule has 1 aromatic carbocycles. The second-order valence-electron chi connectivity index (χ2n) is 8.88. The van der Waals surface area contributed by atoms with Crippen molar-refractivity contribution in [2.75, 3.05) is 26.9 Å². The summed E-state index contributed by atoms with van der Waals surface area (Å²) in [5.74, 6) is -0.176. The third-order valence-corrected chi connectivity index (χ3v) is 7.85. The average molecular weight is 547 g/mol. The van der Waals surface area contributed by atoms with Crippen LogP contribution in [-0.2, 0) is 11.3 Å². The molecule has 4 heterocycles. The molecule has 5 rings (SSSR count). The maximum Gasteiger partial charge on any atom is 0.332 e. The van der Waals surface area contributed by atoms with Crippen LogP contribution in [0.2, 0.25) is 0 Å². The first-order valence-corrected chi connectivity index (χ1v) is 12.8. The Bertz CT molecular complexity index is 1570. The number of halogens is 1. The monoisotopic (exact) mass is 546 g/mol. The Hall–Kier alpha value is -3.43. The lowest BCUT2D eigenvalue weighted by Gasteiger charge is -2.23. The molecule has 1 unspecified atom stereocenters. The molecule has 0 radical (unpaired) electrons. The van der Waals surface area contributed by atoms with Gasteiger partial charge in [0, 0.05) is 24.1 Å². The zero-order chi connectivity index (χ0) is 27.0. The number of hydrogen-bond acceptors (Lipinski definition) is 10. The van der Waals surface area contributed by atoms with Gasteiger partial charge in [0.25, 0.3) is 5.56 Å². The first-order valence-electron chi connectivity index (χ1n) is 12.0. The van der Waals surface area contributed by atoms with E-state index in [9.17, 15) is 24.2 Å². The number of methoxy groups -OCH3 is 1. The van der Waals surface area contributed by atoms with Crippen LogP contribution in [0.15, 0.2) is 40.2 Å². The van der Waals surface area contributed by atoms with Crippen molar-refractivity contribution in [2.45, 2.75) is 38.3 Å². The normalized spacial score (nSPS) is 18.3. The molecular formula is C24H27FN6O6S. The number of ether oxygens (including phenoxy) is 2. The second kappa shape index (κ2) is 10.7. The Balaban J connectivity index is 1.74. The molecule has 202 valence electrons. The van der Waals surface area contributed by atoms with Crippen molar-refractivity contribution >= 4 is 21.6 Å². The first kappa shape index (κ1) is 26.2. The van der Waals surface area contributed by atoms with Gasteiger partial charge in [0.1, 0.15) is 33.7 Å². The Morgan fingerprint density at radius 2 is 2.05 bits per heavy atom. The highest BCUT2D eigenvalue weighted by Crippen LogP contribution is 2.34. The predicted octanol–water partition coefficient (Wildman–Crippen LogP) is 0.865. The number of benzene rings is 1. The summed E-state index contributed by atoms with van der Waals surface area (Å²) in [6.45, 7) is 1.52. The van der Waals surface area contributed by atoms with Gasteiger partial charge in [-0.1, -0.05) is 11.3 Å². The molecular weight excluding hydrogens is 519 g/mol. The zero-order valence-electron chi connectivity index (χ0n) is 20.7. The van der Waals surface area contributed by atoms with E-state index in [2.05, 4.69) is 15.5 Å². The van der Waals surface area contributed by atoms with Crippen LogP contribution < -0.4 is 21.3 Å². The van der Waals surface area contributed by atoms with Crippen LogP contribution in [0.4, 0.5) is 4.39 Å². The SMILES string of the molecule is COc1ccc(F)cc1[C@H](Cn1c(=O)n([C@H]2CNC(O)C2)c(=O)c2c(C)c(-n3nccn3)sc21)OCCO. The summed E-state index contributed by atoms with van der Waals surface area (Å²) in [6, 6.07) is 3.39. The molecule has 3 aromatic heterocycles. The zero-order valence-corrected chi connectivity index (χ0v) is 21.5. The lowest BCUT2D eigenvalue weighted by atomic mass is 10.1. The molecule has 38 heavy (non-hydrogen) atoms. The van der Waals surface area contributed by atoms with E-state index in [1.165, 1.54) is 58.4 Å². The number of hydrogen-bond donors (Lipinski definition) is 3. The fraction of sp³-hybridized carbons (Fsp3) is 0.417. The standard InChI is InChI=1S/C24H27FN6O6S/c1-13-20-21(34)30(15-10-19(33)26-11-15)24(35)29(23(20)38-22(13)31-27-5-6-28-31)12-18(37-8-7-32)16-9-14(25)3-4-17(16)36-2/h3-6,9,15,18-19,26,32-33H,7-8,10-12H2,1-2H3/t15-,18+,19?/m1/s1. The number of aliphatic hydroxyl groups is 2. The number of nitrogens with one attached hydrogen (secondary N) is 1. The van der Waals surface area contributed by atoms with Crippen molar-refractivity contribution in [1.82, 2.24) is 29.4 Å². The molecule has 1 aliphatic rings. The van der Waals surface area contributed by atoms with Crippen molar-refractivity contribution in [3.8, 4) is 10.8 Å². The molecule has 12 nitrogen and oxygen atoms in total. The predicted molar refractivity (Wildman–Crippen MR) is 136 cm³/mol. The number of aryl methyl sites for hydroxylation is 1. The number of aliphatic hydroxyl groups excluding tert-OH is 2.